The van der Waals surface area contributed by atoms with Gasteiger partial charge in [-0.25, -0.2) is 9.37 Å². The highest BCUT2D eigenvalue weighted by Crippen LogP contribution is 2.23. The first-order chi connectivity index (χ1) is 8.78. The van der Waals surface area contributed by atoms with Gasteiger partial charge in [-0.05, 0) is 23.8 Å². The van der Waals surface area contributed by atoms with Crippen molar-refractivity contribution in [3.63, 3.8) is 0 Å². The van der Waals surface area contributed by atoms with Gasteiger partial charge < -0.3 is 4.98 Å². The second kappa shape index (κ2) is 4.42. The van der Waals surface area contributed by atoms with Gasteiger partial charge in [0.15, 0.2) is 5.82 Å². The number of alkyl halides is 1. The van der Waals surface area contributed by atoms with Gasteiger partial charge in [0.2, 0.25) is 0 Å². The minimum atomic E-state index is -0.316. The lowest BCUT2D eigenvalue weighted by Crippen LogP contribution is -1.83. The van der Waals surface area contributed by atoms with Gasteiger partial charge >= 0.3 is 0 Å². The number of imidazole rings is 1. The Bertz CT molecular complexity index is 706. The van der Waals surface area contributed by atoms with Gasteiger partial charge in [-0.2, -0.15) is 0 Å². The third kappa shape index (κ3) is 1.87. The fourth-order valence-electron chi connectivity index (χ4n) is 1.94. The minimum absolute atomic E-state index is 0.316. The fourth-order valence-corrected chi connectivity index (χ4v) is 2.10. The molecule has 0 bridgehead atoms. The summed E-state index contributed by atoms with van der Waals surface area (Å²) in [6, 6.07) is 12.6. The molecule has 0 saturated heterocycles. The molecule has 0 spiro atoms. The van der Waals surface area contributed by atoms with Crippen LogP contribution in [0.4, 0.5) is 4.39 Å². The molecule has 18 heavy (non-hydrogen) atoms. The number of hydrogen-bond acceptors (Lipinski definition) is 1. The van der Waals surface area contributed by atoms with Crippen LogP contribution in [0.15, 0.2) is 42.5 Å². The number of nitrogens with zero attached hydrogens (tertiary/aromatic N) is 1. The Morgan fingerprint density at radius 1 is 1.17 bits per heavy atom. The molecule has 3 rings (SSSR count). The summed E-state index contributed by atoms with van der Waals surface area (Å²) < 4.78 is 13.6. The van der Waals surface area contributed by atoms with Gasteiger partial charge in [0, 0.05) is 11.4 Å². The van der Waals surface area contributed by atoms with Crippen LogP contribution < -0.4 is 0 Å². The number of aromatic amines is 1. The van der Waals surface area contributed by atoms with Crippen LogP contribution in [-0.4, -0.2) is 9.97 Å². The van der Waals surface area contributed by atoms with Gasteiger partial charge in [0.05, 0.1) is 5.52 Å². The molecule has 2 nitrogen and oxygen atoms in total. The Labute approximate surface area is 108 Å². The number of H-pyrrole nitrogens is 1. The molecule has 0 atom stereocenters. The maximum Gasteiger partial charge on any atom is 0.151 e. The fraction of sp³-hybridized carbons (Fsp3) is 0.0714. The van der Waals surface area contributed by atoms with Crippen molar-refractivity contribution in [1.29, 1.82) is 0 Å². The van der Waals surface area contributed by atoms with E-state index < -0.39 is 0 Å². The van der Waals surface area contributed by atoms with Gasteiger partial charge in [-0.1, -0.05) is 24.3 Å². The number of para-hydroxylation sites is 1. The molecule has 2 aromatic carbocycles. The summed E-state index contributed by atoms with van der Waals surface area (Å²) in [6.07, 6.45) is 0. The van der Waals surface area contributed by atoms with E-state index in [2.05, 4.69) is 9.97 Å². The molecule has 0 aliphatic heterocycles. The number of rotatable bonds is 2. The molecular formula is C14H10ClFN2. The summed E-state index contributed by atoms with van der Waals surface area (Å²) in [4.78, 5) is 7.39. The lowest BCUT2D eigenvalue weighted by molar-refractivity contribution is 0.637. The zero-order chi connectivity index (χ0) is 12.5. The smallest absolute Gasteiger partial charge is 0.151 e. The molecule has 0 amide bonds. The molecule has 0 saturated carbocycles. The van der Waals surface area contributed by atoms with E-state index in [1.807, 2.05) is 24.3 Å². The molecule has 0 aliphatic carbocycles. The van der Waals surface area contributed by atoms with Crippen LogP contribution in [0, 0.1) is 5.82 Å². The SMILES string of the molecule is Fc1cccc2[nH]c(-c3cccc(CCl)c3)nc12. The average molecular weight is 261 g/mol. The normalized spacial score (nSPS) is 11.0. The predicted octanol–water partition coefficient (Wildman–Crippen LogP) is 4.11. The predicted molar refractivity (Wildman–Crippen MR) is 71.0 cm³/mol. The Hall–Kier alpha value is -1.87. The van der Waals surface area contributed by atoms with E-state index in [4.69, 9.17) is 11.6 Å². The zero-order valence-electron chi connectivity index (χ0n) is 9.45. The third-order valence-electron chi connectivity index (χ3n) is 2.82. The van der Waals surface area contributed by atoms with E-state index >= 15 is 0 Å². The summed E-state index contributed by atoms with van der Waals surface area (Å²) in [6.45, 7) is 0. The highest BCUT2D eigenvalue weighted by atomic mass is 35.5. The van der Waals surface area contributed by atoms with Crippen LogP contribution >= 0.6 is 11.6 Å². The molecule has 1 aromatic heterocycles. The number of hydrogen-bond donors (Lipinski definition) is 1. The van der Waals surface area contributed by atoms with Gasteiger partial charge in [-0.3, -0.25) is 0 Å². The molecule has 1 heterocycles. The van der Waals surface area contributed by atoms with Crippen molar-refractivity contribution in [3.05, 3.63) is 53.8 Å². The van der Waals surface area contributed by atoms with E-state index in [9.17, 15) is 4.39 Å². The van der Waals surface area contributed by atoms with E-state index in [1.54, 1.807) is 12.1 Å². The van der Waals surface area contributed by atoms with E-state index in [1.165, 1.54) is 6.07 Å². The summed E-state index contributed by atoms with van der Waals surface area (Å²) in [7, 11) is 0. The molecule has 0 aliphatic rings. The highest BCUT2D eigenvalue weighted by Gasteiger charge is 2.08. The van der Waals surface area contributed by atoms with Crippen LogP contribution in [0.3, 0.4) is 0 Å². The molecular weight excluding hydrogens is 251 g/mol. The second-order valence-electron chi connectivity index (χ2n) is 4.06. The third-order valence-corrected chi connectivity index (χ3v) is 3.13. The molecule has 0 fully saturated rings. The van der Waals surface area contributed by atoms with Crippen LogP contribution in [0.5, 0.6) is 0 Å². The Kier molecular flexibility index (Phi) is 2.76. The van der Waals surface area contributed by atoms with Crippen molar-refractivity contribution in [2.45, 2.75) is 5.88 Å². The molecule has 0 radical (unpaired) electrons. The lowest BCUT2D eigenvalue weighted by atomic mass is 10.1. The average Bonchev–Trinajstić information content (AvgIpc) is 2.84. The molecule has 1 N–H and O–H groups in total. The summed E-state index contributed by atoms with van der Waals surface area (Å²) >= 11 is 5.80. The maximum atomic E-state index is 13.6. The zero-order valence-corrected chi connectivity index (χ0v) is 10.2. The molecule has 90 valence electrons. The van der Waals surface area contributed by atoms with Crippen LogP contribution in [-0.2, 0) is 5.88 Å². The molecule has 4 heteroatoms. The summed E-state index contributed by atoms with van der Waals surface area (Å²) in [5.74, 6) is 0.785. The standard InChI is InChI=1S/C14H10ClFN2/c15-8-9-3-1-4-10(7-9)14-17-12-6-2-5-11(16)13(12)18-14/h1-7H,8H2,(H,17,18). The number of fused-ring (bicyclic) bond motifs is 1. The van der Waals surface area contributed by atoms with Crippen molar-refractivity contribution in [2.75, 3.05) is 0 Å². The van der Waals surface area contributed by atoms with E-state index in [0.29, 0.717) is 22.7 Å². The Morgan fingerprint density at radius 3 is 2.78 bits per heavy atom. The second-order valence-corrected chi connectivity index (χ2v) is 4.32. The number of benzene rings is 2. The summed E-state index contributed by atoms with van der Waals surface area (Å²) in [5.41, 5.74) is 2.98. The van der Waals surface area contributed by atoms with Gasteiger partial charge in [-0.15, -0.1) is 11.6 Å². The maximum absolute atomic E-state index is 13.6. The lowest BCUT2D eigenvalue weighted by Gasteiger charge is -1.99. The van der Waals surface area contributed by atoms with Gasteiger partial charge in [0.1, 0.15) is 11.3 Å². The van der Waals surface area contributed by atoms with Crippen LogP contribution in [0.25, 0.3) is 22.4 Å². The summed E-state index contributed by atoms with van der Waals surface area (Å²) in [5, 5.41) is 0. The van der Waals surface area contributed by atoms with E-state index in [-0.39, 0.29) is 5.82 Å². The largest absolute Gasteiger partial charge is 0.338 e. The van der Waals surface area contributed by atoms with Crippen LogP contribution in [0.1, 0.15) is 5.56 Å². The number of nitrogens with one attached hydrogen (secondary N) is 1. The molecule has 3 aromatic rings. The van der Waals surface area contributed by atoms with Crippen molar-refractivity contribution in [1.82, 2.24) is 9.97 Å². The first kappa shape index (κ1) is 11.2. The first-order valence-electron chi connectivity index (χ1n) is 5.57. The van der Waals surface area contributed by atoms with Crippen molar-refractivity contribution in [3.8, 4) is 11.4 Å². The van der Waals surface area contributed by atoms with Crippen molar-refractivity contribution < 1.29 is 4.39 Å². The Balaban J connectivity index is 2.16. The van der Waals surface area contributed by atoms with Gasteiger partial charge in [0.25, 0.3) is 0 Å². The number of aromatic nitrogens is 2. The van der Waals surface area contributed by atoms with Crippen LogP contribution in [0.2, 0.25) is 0 Å². The Morgan fingerprint density at radius 2 is 2.00 bits per heavy atom. The first-order valence-corrected chi connectivity index (χ1v) is 6.11. The van der Waals surface area contributed by atoms with Crippen molar-refractivity contribution >= 4 is 22.6 Å². The monoisotopic (exact) mass is 260 g/mol. The number of halogens is 2. The topological polar surface area (TPSA) is 28.7 Å². The van der Waals surface area contributed by atoms with Crippen molar-refractivity contribution in [2.24, 2.45) is 0 Å². The van der Waals surface area contributed by atoms with E-state index in [0.717, 1.165) is 11.1 Å². The highest BCUT2D eigenvalue weighted by molar-refractivity contribution is 6.17. The molecule has 0 unspecified atom stereocenters. The quantitative estimate of drug-likeness (QED) is 0.690. The minimum Gasteiger partial charge on any atom is -0.338 e.